The second-order valence-electron chi connectivity index (χ2n) is 15.4. The predicted octanol–water partition coefficient (Wildman–Crippen LogP) is 4.63. The van der Waals surface area contributed by atoms with Crippen LogP contribution in [0.4, 0.5) is 0 Å². The summed E-state index contributed by atoms with van der Waals surface area (Å²) in [6, 6.07) is 12.0. The Morgan fingerprint density at radius 1 is 0.909 bits per heavy atom. The van der Waals surface area contributed by atoms with E-state index in [1.807, 2.05) is 52.0 Å². The van der Waals surface area contributed by atoms with Gasteiger partial charge in [-0.05, 0) is 61.3 Å². The van der Waals surface area contributed by atoms with E-state index in [-0.39, 0.29) is 49.6 Å². The van der Waals surface area contributed by atoms with Crippen LogP contribution in [-0.2, 0) is 32.1 Å². The number of ether oxygens (including phenoxy) is 1. The number of aliphatic hydroxyl groups is 1. The molecule has 0 aliphatic heterocycles. The van der Waals surface area contributed by atoms with Crippen molar-refractivity contribution in [3.8, 4) is 5.75 Å². The number of hydrogen-bond donors (Lipinski definition) is 6. The van der Waals surface area contributed by atoms with Gasteiger partial charge in [0.15, 0.2) is 6.61 Å². The van der Waals surface area contributed by atoms with Crippen LogP contribution in [-0.4, -0.2) is 74.5 Å². The summed E-state index contributed by atoms with van der Waals surface area (Å²) in [5.41, 5.74) is 1.36. The number of H-pyrrole nitrogens is 1. The highest BCUT2D eigenvalue weighted by Gasteiger charge is 2.35. The standard InChI is InChI=1S/C42H61N7O6/c1-5-29(4)39(42(54)45-25-32-16-12-13-19-44-32)49-40(52)31(21-30-14-8-6-9-15-30)22-37(50)35(20-28(2)3)48-41(53)36(23-33-24-43-27-46-33)47-38(51)26-55-34-17-10-7-11-18-34/h7,10-13,16-19,24,27-31,35-37,39,50H,5-6,8-9,14-15,20-23,25-26H2,1-4H3,(H,43,46)(H,45,54)(H,47,51)(H,48,53)(H,49,52). The van der Waals surface area contributed by atoms with E-state index in [1.54, 1.807) is 36.7 Å². The summed E-state index contributed by atoms with van der Waals surface area (Å²) >= 11 is 0. The van der Waals surface area contributed by atoms with E-state index in [1.165, 1.54) is 12.7 Å². The van der Waals surface area contributed by atoms with Crippen LogP contribution >= 0.6 is 0 Å². The lowest BCUT2D eigenvalue weighted by Crippen LogP contribution is -2.55. The Morgan fingerprint density at radius 2 is 1.65 bits per heavy atom. The highest BCUT2D eigenvalue weighted by molar-refractivity contribution is 5.89. The number of carbonyl (C=O) groups is 4. The van der Waals surface area contributed by atoms with E-state index in [4.69, 9.17) is 4.74 Å². The molecule has 13 heteroatoms. The third-order valence-corrected chi connectivity index (χ3v) is 10.5. The van der Waals surface area contributed by atoms with Gasteiger partial charge in [-0.15, -0.1) is 0 Å². The lowest BCUT2D eigenvalue weighted by molar-refractivity contribution is -0.134. The summed E-state index contributed by atoms with van der Waals surface area (Å²) in [6.07, 6.45) is 11.0. The first-order chi connectivity index (χ1) is 26.5. The fourth-order valence-corrected chi connectivity index (χ4v) is 7.19. The number of benzene rings is 1. The topological polar surface area (TPSA) is 187 Å². The van der Waals surface area contributed by atoms with Gasteiger partial charge in [0.05, 0.1) is 30.7 Å². The van der Waals surface area contributed by atoms with E-state index >= 15 is 0 Å². The molecule has 13 nitrogen and oxygen atoms in total. The molecular weight excluding hydrogens is 699 g/mol. The number of amides is 4. The Labute approximate surface area is 325 Å². The van der Waals surface area contributed by atoms with Crippen LogP contribution in [0.5, 0.6) is 5.75 Å². The van der Waals surface area contributed by atoms with Crippen LogP contribution in [0.2, 0.25) is 0 Å². The molecule has 0 bridgehead atoms. The SMILES string of the molecule is CCC(C)C(NC(=O)C(CC1CCCCC1)CC(O)C(CC(C)C)NC(=O)C(Cc1cnc[nH]1)NC(=O)COc1ccccc1)C(=O)NCc1ccccn1. The largest absolute Gasteiger partial charge is 0.484 e. The van der Waals surface area contributed by atoms with Crippen LogP contribution < -0.4 is 26.0 Å². The van der Waals surface area contributed by atoms with Crippen LogP contribution in [0.25, 0.3) is 0 Å². The maximum atomic E-state index is 14.2. The number of pyridine rings is 1. The molecule has 55 heavy (non-hydrogen) atoms. The van der Waals surface area contributed by atoms with Gasteiger partial charge in [-0.2, -0.15) is 0 Å². The first kappa shape index (κ1) is 43.0. The van der Waals surface area contributed by atoms with Crippen molar-refractivity contribution in [3.05, 3.63) is 78.6 Å². The van der Waals surface area contributed by atoms with Crippen molar-refractivity contribution in [1.29, 1.82) is 0 Å². The van der Waals surface area contributed by atoms with Crippen LogP contribution in [0.15, 0.2) is 67.3 Å². The molecule has 1 aromatic carbocycles. The summed E-state index contributed by atoms with van der Waals surface area (Å²) in [5.74, 6) is -1.29. The average molecular weight is 760 g/mol. The molecule has 0 radical (unpaired) electrons. The Bertz CT molecular complexity index is 1580. The number of imidazole rings is 1. The van der Waals surface area contributed by atoms with Crippen molar-refractivity contribution < 1.29 is 29.0 Å². The van der Waals surface area contributed by atoms with E-state index in [9.17, 15) is 24.3 Å². The number of aromatic nitrogens is 3. The second-order valence-corrected chi connectivity index (χ2v) is 15.4. The van der Waals surface area contributed by atoms with Crippen molar-refractivity contribution in [1.82, 2.24) is 36.2 Å². The van der Waals surface area contributed by atoms with Crippen molar-refractivity contribution in [3.63, 3.8) is 0 Å². The van der Waals surface area contributed by atoms with Gasteiger partial charge in [-0.3, -0.25) is 24.2 Å². The van der Waals surface area contributed by atoms with E-state index in [2.05, 4.69) is 36.2 Å². The van der Waals surface area contributed by atoms with Gasteiger partial charge in [0.1, 0.15) is 17.8 Å². The van der Waals surface area contributed by atoms with Gasteiger partial charge in [-0.25, -0.2) is 4.98 Å². The summed E-state index contributed by atoms with van der Waals surface area (Å²) in [6.45, 7) is 7.89. The summed E-state index contributed by atoms with van der Waals surface area (Å²) < 4.78 is 5.61. The Hall–Kier alpha value is -4.78. The third-order valence-electron chi connectivity index (χ3n) is 10.5. The number of nitrogens with zero attached hydrogens (tertiary/aromatic N) is 2. The summed E-state index contributed by atoms with van der Waals surface area (Å²) in [7, 11) is 0. The van der Waals surface area contributed by atoms with Gasteiger partial charge in [-0.1, -0.05) is 90.5 Å². The molecule has 3 aromatic rings. The summed E-state index contributed by atoms with van der Waals surface area (Å²) in [5, 5.41) is 23.7. The van der Waals surface area contributed by atoms with E-state index in [0.29, 0.717) is 42.3 Å². The zero-order valence-electron chi connectivity index (χ0n) is 32.8. The molecule has 4 rings (SSSR count). The zero-order valence-corrected chi connectivity index (χ0v) is 32.8. The smallest absolute Gasteiger partial charge is 0.258 e. The van der Waals surface area contributed by atoms with Gasteiger partial charge < -0.3 is 36.1 Å². The minimum Gasteiger partial charge on any atom is -0.484 e. The number of aliphatic hydroxyl groups excluding tert-OH is 1. The van der Waals surface area contributed by atoms with Crippen LogP contribution in [0.1, 0.15) is 96.9 Å². The minimum atomic E-state index is -1.07. The molecule has 6 unspecified atom stereocenters. The molecule has 1 fully saturated rings. The van der Waals surface area contributed by atoms with Gasteiger partial charge in [0, 0.05) is 30.4 Å². The Kier molecular flexibility index (Phi) is 17.6. The van der Waals surface area contributed by atoms with Crippen molar-refractivity contribution in [2.24, 2.45) is 23.7 Å². The van der Waals surface area contributed by atoms with E-state index in [0.717, 1.165) is 25.7 Å². The van der Waals surface area contributed by atoms with Crippen LogP contribution in [0.3, 0.4) is 0 Å². The lowest BCUT2D eigenvalue weighted by atomic mass is 9.79. The molecule has 300 valence electrons. The molecule has 1 saturated carbocycles. The van der Waals surface area contributed by atoms with Gasteiger partial charge >= 0.3 is 0 Å². The lowest BCUT2D eigenvalue weighted by Gasteiger charge is -2.33. The van der Waals surface area contributed by atoms with E-state index < -0.39 is 42.0 Å². The highest BCUT2D eigenvalue weighted by Crippen LogP contribution is 2.32. The Morgan fingerprint density at radius 3 is 2.31 bits per heavy atom. The third kappa shape index (κ3) is 14.8. The maximum Gasteiger partial charge on any atom is 0.258 e. The molecule has 1 aliphatic carbocycles. The number of nitrogens with one attached hydrogen (secondary N) is 5. The molecule has 1 aliphatic rings. The van der Waals surface area contributed by atoms with Crippen LogP contribution in [0, 0.1) is 23.7 Å². The molecule has 2 aromatic heterocycles. The van der Waals surface area contributed by atoms with Crippen molar-refractivity contribution in [2.45, 2.75) is 123 Å². The molecule has 2 heterocycles. The van der Waals surface area contributed by atoms with Gasteiger partial charge in [0.2, 0.25) is 17.7 Å². The second kappa shape index (κ2) is 22.6. The summed E-state index contributed by atoms with van der Waals surface area (Å²) in [4.78, 5) is 66.1. The predicted molar refractivity (Wildman–Crippen MR) is 210 cm³/mol. The quantitative estimate of drug-likeness (QED) is 0.0856. The molecular formula is C42H61N7O6. The minimum absolute atomic E-state index is 0.100. The number of para-hydroxylation sites is 1. The number of rotatable bonds is 22. The van der Waals surface area contributed by atoms with Crippen molar-refractivity contribution >= 4 is 23.6 Å². The fraction of sp³-hybridized carbons (Fsp3) is 0.571. The molecule has 6 atom stereocenters. The van der Waals surface area contributed by atoms with Crippen molar-refractivity contribution in [2.75, 3.05) is 6.61 Å². The zero-order chi connectivity index (χ0) is 39.6. The first-order valence-corrected chi connectivity index (χ1v) is 19.9. The Balaban J connectivity index is 1.48. The first-order valence-electron chi connectivity index (χ1n) is 19.9. The number of hydrogen-bond acceptors (Lipinski definition) is 8. The number of carbonyl (C=O) groups excluding carboxylic acids is 4. The number of aromatic amines is 1. The molecule has 0 saturated heterocycles. The fourth-order valence-electron chi connectivity index (χ4n) is 7.19. The maximum absolute atomic E-state index is 14.2. The molecule has 0 spiro atoms. The molecule has 6 N–H and O–H groups in total. The monoisotopic (exact) mass is 759 g/mol. The van der Waals surface area contributed by atoms with Gasteiger partial charge in [0.25, 0.3) is 5.91 Å². The normalized spacial score (nSPS) is 16.5. The highest BCUT2D eigenvalue weighted by atomic mass is 16.5. The molecule has 4 amide bonds. The average Bonchev–Trinajstić information content (AvgIpc) is 3.71.